The Morgan fingerprint density at radius 2 is 2.11 bits per heavy atom. The van der Waals surface area contributed by atoms with E-state index in [1.54, 1.807) is 6.26 Å². The fourth-order valence-electron chi connectivity index (χ4n) is 2.46. The fourth-order valence-corrected chi connectivity index (χ4v) is 2.46. The van der Waals surface area contributed by atoms with Crippen LogP contribution in [0.5, 0.6) is 0 Å². The fraction of sp³-hybridized carbons (Fsp3) is 0.188. The molecule has 1 aromatic carbocycles. The van der Waals surface area contributed by atoms with Crippen molar-refractivity contribution in [2.75, 3.05) is 7.05 Å². The smallest absolute Gasteiger partial charge is 0.105 e. The van der Waals surface area contributed by atoms with Gasteiger partial charge in [-0.3, -0.25) is 4.98 Å². The molecule has 0 saturated heterocycles. The van der Waals surface area contributed by atoms with Crippen molar-refractivity contribution in [3.8, 4) is 0 Å². The molecule has 0 spiro atoms. The van der Waals surface area contributed by atoms with E-state index in [1.165, 1.54) is 5.56 Å². The van der Waals surface area contributed by atoms with Gasteiger partial charge in [-0.25, -0.2) is 0 Å². The van der Waals surface area contributed by atoms with Crippen molar-refractivity contribution in [1.82, 2.24) is 10.3 Å². The van der Waals surface area contributed by atoms with Gasteiger partial charge in [0.2, 0.25) is 0 Å². The highest BCUT2D eigenvalue weighted by molar-refractivity contribution is 5.79. The van der Waals surface area contributed by atoms with Gasteiger partial charge in [-0.05, 0) is 37.7 Å². The van der Waals surface area contributed by atoms with Gasteiger partial charge in [-0.2, -0.15) is 0 Å². The third kappa shape index (κ3) is 2.13. The van der Waals surface area contributed by atoms with Gasteiger partial charge >= 0.3 is 0 Å². The number of nitrogens with one attached hydrogen (secondary N) is 1. The summed E-state index contributed by atoms with van der Waals surface area (Å²) < 4.78 is 5.40. The minimum atomic E-state index is 0.130. The summed E-state index contributed by atoms with van der Waals surface area (Å²) in [4.78, 5) is 4.41. The van der Waals surface area contributed by atoms with Crippen LogP contribution in [0.25, 0.3) is 10.9 Å². The maximum absolute atomic E-state index is 5.40. The van der Waals surface area contributed by atoms with E-state index >= 15 is 0 Å². The number of aromatic nitrogens is 1. The molecule has 0 radical (unpaired) electrons. The topological polar surface area (TPSA) is 38.1 Å². The number of aryl methyl sites for hydroxylation is 1. The van der Waals surface area contributed by atoms with Crippen LogP contribution in [0.4, 0.5) is 0 Å². The molecule has 1 unspecified atom stereocenters. The number of hydrogen-bond acceptors (Lipinski definition) is 3. The number of nitrogens with zero attached hydrogens (tertiary/aromatic N) is 1. The summed E-state index contributed by atoms with van der Waals surface area (Å²) >= 11 is 0. The first-order chi connectivity index (χ1) is 9.29. The second-order valence-electron chi connectivity index (χ2n) is 4.61. The normalized spacial score (nSPS) is 12.7. The predicted molar refractivity (Wildman–Crippen MR) is 76.1 cm³/mol. The van der Waals surface area contributed by atoms with Crippen LogP contribution in [-0.4, -0.2) is 12.0 Å². The largest absolute Gasteiger partial charge is 0.469 e. The molecule has 1 N–H and O–H groups in total. The molecule has 2 aromatic heterocycles. The second kappa shape index (κ2) is 4.86. The molecule has 0 bridgehead atoms. The maximum atomic E-state index is 5.40. The summed E-state index contributed by atoms with van der Waals surface area (Å²) in [5.41, 5.74) is 3.37. The lowest BCUT2D eigenvalue weighted by Crippen LogP contribution is -2.17. The summed E-state index contributed by atoms with van der Waals surface area (Å²) in [6, 6.07) is 12.5. The van der Waals surface area contributed by atoms with E-state index in [1.807, 2.05) is 32.3 Å². The van der Waals surface area contributed by atoms with Crippen molar-refractivity contribution in [3.63, 3.8) is 0 Å². The van der Waals surface area contributed by atoms with E-state index in [0.717, 1.165) is 22.2 Å². The molecule has 19 heavy (non-hydrogen) atoms. The first kappa shape index (κ1) is 11.9. The Labute approximate surface area is 112 Å². The molecule has 0 amide bonds. The van der Waals surface area contributed by atoms with Crippen LogP contribution < -0.4 is 5.32 Å². The molecule has 3 aromatic rings. The lowest BCUT2D eigenvalue weighted by atomic mass is 9.98. The first-order valence-corrected chi connectivity index (χ1v) is 6.35. The lowest BCUT2D eigenvalue weighted by Gasteiger charge is -2.16. The zero-order chi connectivity index (χ0) is 13.2. The number of fused-ring (bicyclic) bond motifs is 1. The average molecular weight is 252 g/mol. The molecule has 0 aliphatic heterocycles. The Kier molecular flexibility index (Phi) is 3.05. The van der Waals surface area contributed by atoms with Gasteiger partial charge in [0, 0.05) is 17.1 Å². The van der Waals surface area contributed by atoms with Gasteiger partial charge in [0.25, 0.3) is 0 Å². The molecule has 0 aliphatic carbocycles. The van der Waals surface area contributed by atoms with Gasteiger partial charge in [-0.15, -0.1) is 0 Å². The Bertz CT molecular complexity index is 703. The monoisotopic (exact) mass is 252 g/mol. The molecule has 0 aliphatic rings. The highest BCUT2D eigenvalue weighted by atomic mass is 16.3. The minimum absolute atomic E-state index is 0.130. The zero-order valence-corrected chi connectivity index (χ0v) is 11.1. The predicted octanol–water partition coefficient (Wildman–Crippen LogP) is 3.45. The molecule has 0 fully saturated rings. The van der Waals surface area contributed by atoms with Crippen LogP contribution in [0.2, 0.25) is 0 Å². The van der Waals surface area contributed by atoms with E-state index in [0.29, 0.717) is 0 Å². The van der Waals surface area contributed by atoms with Crippen LogP contribution in [0, 0.1) is 6.92 Å². The average Bonchev–Trinajstić information content (AvgIpc) is 2.86. The van der Waals surface area contributed by atoms with Crippen molar-refractivity contribution in [1.29, 1.82) is 0 Å². The van der Waals surface area contributed by atoms with Crippen molar-refractivity contribution in [2.45, 2.75) is 13.0 Å². The Balaban J connectivity index is 2.09. The minimum Gasteiger partial charge on any atom is -0.469 e. The molecule has 3 rings (SSSR count). The van der Waals surface area contributed by atoms with Gasteiger partial charge in [0.15, 0.2) is 0 Å². The number of rotatable bonds is 3. The number of benzene rings is 1. The van der Waals surface area contributed by atoms with Crippen LogP contribution in [0.1, 0.15) is 22.9 Å². The number of furan rings is 1. The first-order valence-electron chi connectivity index (χ1n) is 6.35. The maximum Gasteiger partial charge on any atom is 0.105 e. The third-order valence-corrected chi connectivity index (χ3v) is 3.46. The van der Waals surface area contributed by atoms with E-state index < -0.39 is 0 Å². The molecule has 1 atom stereocenters. The molecular weight excluding hydrogens is 236 g/mol. The lowest BCUT2D eigenvalue weighted by molar-refractivity contribution is 0.523. The molecule has 2 heterocycles. The van der Waals surface area contributed by atoms with Gasteiger partial charge in [0.1, 0.15) is 5.76 Å². The molecule has 3 nitrogen and oxygen atoms in total. The van der Waals surface area contributed by atoms with Crippen LogP contribution in [-0.2, 0) is 0 Å². The van der Waals surface area contributed by atoms with Crippen LogP contribution in [0.15, 0.2) is 53.3 Å². The zero-order valence-electron chi connectivity index (χ0n) is 11.1. The van der Waals surface area contributed by atoms with E-state index in [9.17, 15) is 0 Å². The Hall–Kier alpha value is -2.13. The summed E-state index contributed by atoms with van der Waals surface area (Å²) in [5.74, 6) is 0.945. The highest BCUT2D eigenvalue weighted by Gasteiger charge is 2.16. The molecule has 0 saturated carbocycles. The summed E-state index contributed by atoms with van der Waals surface area (Å²) in [6.07, 6.45) is 3.55. The van der Waals surface area contributed by atoms with Crippen LogP contribution >= 0.6 is 0 Å². The summed E-state index contributed by atoms with van der Waals surface area (Å²) in [5, 5.41) is 4.50. The number of pyridine rings is 1. The van der Waals surface area contributed by atoms with Gasteiger partial charge < -0.3 is 9.73 Å². The molecule has 96 valence electrons. The van der Waals surface area contributed by atoms with Crippen molar-refractivity contribution in [2.24, 2.45) is 0 Å². The second-order valence-corrected chi connectivity index (χ2v) is 4.61. The van der Waals surface area contributed by atoms with Crippen molar-refractivity contribution < 1.29 is 4.42 Å². The molecule has 3 heteroatoms. The van der Waals surface area contributed by atoms with Crippen molar-refractivity contribution in [3.05, 3.63) is 65.7 Å². The SMILES string of the molecule is CNC(c1ccc2cccnc2c1)c1ccoc1C. The third-order valence-electron chi connectivity index (χ3n) is 3.46. The van der Waals surface area contributed by atoms with Crippen molar-refractivity contribution >= 4 is 10.9 Å². The standard InChI is InChI=1S/C16H16N2O/c1-11-14(7-9-19-11)16(17-2)13-6-5-12-4-3-8-18-15(12)10-13/h3-10,16-17H,1-2H3. The van der Waals surface area contributed by atoms with E-state index in [2.05, 4.69) is 34.6 Å². The number of hydrogen-bond donors (Lipinski definition) is 1. The Morgan fingerprint density at radius 3 is 2.84 bits per heavy atom. The highest BCUT2D eigenvalue weighted by Crippen LogP contribution is 2.27. The quantitative estimate of drug-likeness (QED) is 0.776. The van der Waals surface area contributed by atoms with E-state index in [-0.39, 0.29) is 6.04 Å². The molecular formula is C16H16N2O. The van der Waals surface area contributed by atoms with Gasteiger partial charge in [-0.1, -0.05) is 18.2 Å². The van der Waals surface area contributed by atoms with E-state index in [4.69, 9.17) is 4.42 Å². The Morgan fingerprint density at radius 1 is 1.21 bits per heavy atom. The van der Waals surface area contributed by atoms with Gasteiger partial charge in [0.05, 0.1) is 17.8 Å². The van der Waals surface area contributed by atoms with Crippen LogP contribution in [0.3, 0.4) is 0 Å². The summed E-state index contributed by atoms with van der Waals surface area (Å²) in [7, 11) is 1.96. The summed E-state index contributed by atoms with van der Waals surface area (Å²) in [6.45, 7) is 1.99.